The highest BCUT2D eigenvalue weighted by atomic mass is 32.1. The monoisotopic (exact) mass is 685 g/mol. The van der Waals surface area contributed by atoms with Gasteiger partial charge in [-0.1, -0.05) is 154 Å². The minimum Gasteiger partial charge on any atom is -0.310 e. The zero-order valence-corrected chi connectivity index (χ0v) is 30.5. The Morgan fingerprint density at radius 3 is 1.79 bits per heavy atom. The largest absolute Gasteiger partial charge is 0.310 e. The molecule has 250 valence electrons. The Labute approximate surface area is 310 Å². The maximum atomic E-state index is 2.44. The third-order valence-electron chi connectivity index (χ3n) is 10.2. The maximum absolute atomic E-state index is 2.44. The van der Waals surface area contributed by atoms with Gasteiger partial charge in [-0.25, -0.2) is 0 Å². The smallest absolute Gasteiger partial charge is 0.0540 e. The molecule has 0 aliphatic carbocycles. The van der Waals surface area contributed by atoms with Crippen LogP contribution in [0.4, 0.5) is 17.1 Å². The van der Waals surface area contributed by atoms with E-state index in [2.05, 4.69) is 208 Å². The Balaban J connectivity index is 1.29. The lowest BCUT2D eigenvalue weighted by Crippen LogP contribution is -2.11. The van der Waals surface area contributed by atoms with E-state index in [0.29, 0.717) is 0 Å². The molecule has 9 rings (SSSR count). The van der Waals surface area contributed by atoms with Gasteiger partial charge in [-0.2, -0.15) is 0 Å². The van der Waals surface area contributed by atoms with Gasteiger partial charge in [0.25, 0.3) is 0 Å². The molecule has 52 heavy (non-hydrogen) atoms. The van der Waals surface area contributed by atoms with Gasteiger partial charge in [-0.3, -0.25) is 0 Å². The van der Waals surface area contributed by atoms with Crippen LogP contribution >= 0.6 is 11.3 Å². The van der Waals surface area contributed by atoms with E-state index < -0.39 is 0 Å². The first-order valence-electron chi connectivity index (χ1n) is 18.0. The van der Waals surface area contributed by atoms with Crippen LogP contribution in [0.25, 0.3) is 64.3 Å². The van der Waals surface area contributed by atoms with Gasteiger partial charge in [0.2, 0.25) is 0 Å². The van der Waals surface area contributed by atoms with Crippen LogP contribution in [-0.2, 0) is 5.41 Å². The Bertz CT molecular complexity index is 2700. The van der Waals surface area contributed by atoms with Crippen molar-refractivity contribution in [3.8, 4) is 33.4 Å². The van der Waals surface area contributed by atoms with Gasteiger partial charge in [0.1, 0.15) is 0 Å². The normalized spacial score (nSPS) is 11.8. The standard InChI is InChI=1S/C50H39NS/c1-50(2,3)39-27-31-46-44(33-39)49-47(52-46)30-26-37-18-13-22-43(48(37)49)42-21-10-11-23-45(42)51(40-28-24-36(25-29-40)34-14-6-4-7-15-34)41-20-12-19-38(32-41)35-16-8-5-9-17-35/h4-33H,1-3H3. The van der Waals surface area contributed by atoms with Crippen molar-refractivity contribution < 1.29 is 0 Å². The van der Waals surface area contributed by atoms with E-state index in [1.165, 1.54) is 69.9 Å². The van der Waals surface area contributed by atoms with Crippen LogP contribution in [0.2, 0.25) is 0 Å². The van der Waals surface area contributed by atoms with Gasteiger partial charge < -0.3 is 4.90 Å². The Morgan fingerprint density at radius 2 is 1.04 bits per heavy atom. The summed E-state index contributed by atoms with van der Waals surface area (Å²) in [5, 5.41) is 5.25. The number of hydrogen-bond acceptors (Lipinski definition) is 2. The third kappa shape index (κ3) is 5.76. The number of benzene rings is 8. The van der Waals surface area contributed by atoms with Crippen molar-refractivity contribution >= 4 is 59.3 Å². The molecular weight excluding hydrogens is 647 g/mol. The summed E-state index contributed by atoms with van der Waals surface area (Å²) < 4.78 is 2.65. The molecule has 8 aromatic carbocycles. The fourth-order valence-corrected chi connectivity index (χ4v) is 8.64. The number of nitrogens with zero attached hydrogens (tertiary/aromatic N) is 1. The quantitative estimate of drug-likeness (QED) is 0.168. The highest BCUT2D eigenvalue weighted by molar-refractivity contribution is 7.26. The number of hydrogen-bond donors (Lipinski definition) is 0. The van der Waals surface area contributed by atoms with Crippen molar-refractivity contribution in [1.29, 1.82) is 0 Å². The van der Waals surface area contributed by atoms with E-state index in [9.17, 15) is 0 Å². The molecule has 0 N–H and O–H groups in total. The van der Waals surface area contributed by atoms with Crippen LogP contribution in [-0.4, -0.2) is 0 Å². The molecule has 0 amide bonds. The van der Waals surface area contributed by atoms with Crippen LogP contribution in [0.15, 0.2) is 182 Å². The fourth-order valence-electron chi connectivity index (χ4n) is 7.55. The topological polar surface area (TPSA) is 3.24 Å². The zero-order chi connectivity index (χ0) is 35.2. The molecule has 1 aromatic heterocycles. The fraction of sp³-hybridized carbons (Fsp3) is 0.0800. The van der Waals surface area contributed by atoms with Gasteiger partial charge in [0.05, 0.1) is 5.69 Å². The molecule has 0 saturated carbocycles. The van der Waals surface area contributed by atoms with Crippen molar-refractivity contribution in [1.82, 2.24) is 0 Å². The molecule has 0 fully saturated rings. The maximum Gasteiger partial charge on any atom is 0.0540 e. The lowest BCUT2D eigenvalue weighted by atomic mass is 9.86. The second-order valence-corrected chi connectivity index (χ2v) is 15.7. The second kappa shape index (κ2) is 13.0. The number of rotatable bonds is 6. The van der Waals surface area contributed by atoms with Gasteiger partial charge in [-0.05, 0) is 98.1 Å². The van der Waals surface area contributed by atoms with Crippen LogP contribution in [0.5, 0.6) is 0 Å². The summed E-state index contributed by atoms with van der Waals surface area (Å²) in [6.45, 7) is 6.91. The van der Waals surface area contributed by atoms with Crippen molar-refractivity contribution in [2.45, 2.75) is 26.2 Å². The van der Waals surface area contributed by atoms with Crippen LogP contribution in [0, 0.1) is 0 Å². The summed E-state index contributed by atoms with van der Waals surface area (Å²) in [6.07, 6.45) is 0. The molecule has 0 aliphatic rings. The van der Waals surface area contributed by atoms with Crippen LogP contribution < -0.4 is 4.90 Å². The number of fused-ring (bicyclic) bond motifs is 5. The van der Waals surface area contributed by atoms with Gasteiger partial charge >= 0.3 is 0 Å². The van der Waals surface area contributed by atoms with E-state index in [1.807, 2.05) is 11.3 Å². The molecule has 0 bridgehead atoms. The Hall–Kier alpha value is -5.96. The summed E-state index contributed by atoms with van der Waals surface area (Å²) in [4.78, 5) is 2.43. The molecular formula is C50H39NS. The van der Waals surface area contributed by atoms with Crippen molar-refractivity contribution in [2.75, 3.05) is 4.90 Å². The second-order valence-electron chi connectivity index (χ2n) is 14.6. The van der Waals surface area contributed by atoms with E-state index in [-0.39, 0.29) is 5.41 Å². The van der Waals surface area contributed by atoms with Gasteiger partial charge in [0.15, 0.2) is 0 Å². The number of thiophene rings is 1. The molecule has 2 heteroatoms. The highest BCUT2D eigenvalue weighted by Gasteiger charge is 2.22. The van der Waals surface area contributed by atoms with E-state index in [4.69, 9.17) is 0 Å². The predicted octanol–water partition coefficient (Wildman–Crippen LogP) is 15.0. The van der Waals surface area contributed by atoms with Crippen molar-refractivity contribution in [2.24, 2.45) is 0 Å². The molecule has 0 atom stereocenters. The van der Waals surface area contributed by atoms with Crippen molar-refractivity contribution in [3.63, 3.8) is 0 Å². The molecule has 0 saturated heterocycles. The van der Waals surface area contributed by atoms with E-state index in [1.54, 1.807) is 0 Å². The van der Waals surface area contributed by atoms with Gasteiger partial charge in [-0.15, -0.1) is 11.3 Å². The molecule has 0 aliphatic heterocycles. The Kier molecular flexibility index (Phi) is 7.98. The number of anilines is 3. The average molecular weight is 686 g/mol. The third-order valence-corrected chi connectivity index (χ3v) is 11.4. The minimum atomic E-state index is 0.0628. The summed E-state index contributed by atoms with van der Waals surface area (Å²) in [5.41, 5.74) is 12.0. The summed E-state index contributed by atoms with van der Waals surface area (Å²) in [7, 11) is 0. The summed E-state index contributed by atoms with van der Waals surface area (Å²) in [5.74, 6) is 0. The summed E-state index contributed by atoms with van der Waals surface area (Å²) >= 11 is 1.89. The molecule has 9 aromatic rings. The molecule has 0 spiro atoms. The lowest BCUT2D eigenvalue weighted by Gasteiger charge is -2.29. The number of para-hydroxylation sites is 1. The highest BCUT2D eigenvalue weighted by Crippen LogP contribution is 2.47. The van der Waals surface area contributed by atoms with Crippen molar-refractivity contribution in [3.05, 3.63) is 188 Å². The minimum absolute atomic E-state index is 0.0628. The first kappa shape index (κ1) is 32.0. The van der Waals surface area contributed by atoms with Crippen LogP contribution in [0.3, 0.4) is 0 Å². The van der Waals surface area contributed by atoms with E-state index >= 15 is 0 Å². The first-order chi connectivity index (χ1) is 25.4. The van der Waals surface area contributed by atoms with Crippen LogP contribution in [0.1, 0.15) is 26.3 Å². The average Bonchev–Trinajstić information content (AvgIpc) is 3.57. The van der Waals surface area contributed by atoms with Gasteiger partial charge in [0, 0.05) is 37.1 Å². The first-order valence-corrected chi connectivity index (χ1v) is 18.8. The van der Waals surface area contributed by atoms with E-state index in [0.717, 1.165) is 17.1 Å². The molecule has 1 heterocycles. The predicted molar refractivity (Wildman–Crippen MR) is 227 cm³/mol. The molecule has 1 nitrogen and oxygen atoms in total. The molecule has 0 unspecified atom stereocenters. The zero-order valence-electron chi connectivity index (χ0n) is 29.7. The summed E-state index contributed by atoms with van der Waals surface area (Å²) in [6, 6.07) is 66.6. The molecule has 0 radical (unpaired) electrons. The SMILES string of the molecule is CC(C)(C)c1ccc2sc3ccc4cccc(-c5ccccc5N(c5ccc(-c6ccccc6)cc5)c5cccc(-c6ccccc6)c5)c4c3c2c1. The Morgan fingerprint density at radius 1 is 0.423 bits per heavy atom. The lowest BCUT2D eigenvalue weighted by molar-refractivity contribution is 0.591.